The molecule has 4 N–H and O–H groups in total. The number of nitrogens with two attached hydrogens (primary N) is 2. The minimum absolute atomic E-state index is 0.0623. The number of piperidine rings is 1. The van der Waals surface area contributed by atoms with E-state index < -0.39 is 5.54 Å². The van der Waals surface area contributed by atoms with Gasteiger partial charge < -0.3 is 16.4 Å². The average Bonchev–Trinajstić information content (AvgIpc) is 2.58. The van der Waals surface area contributed by atoms with Gasteiger partial charge in [-0.15, -0.1) is 0 Å². The van der Waals surface area contributed by atoms with E-state index in [2.05, 4.69) is 9.88 Å². The summed E-state index contributed by atoms with van der Waals surface area (Å²) in [7, 11) is 0. The Morgan fingerprint density at radius 1 is 1.18 bits per heavy atom. The Balaban J connectivity index is 1.62. The number of carbonyl (C=O) groups is 1. The van der Waals surface area contributed by atoms with Crippen LogP contribution in [0.25, 0.3) is 0 Å². The van der Waals surface area contributed by atoms with Gasteiger partial charge in [0.25, 0.3) is 0 Å². The zero-order chi connectivity index (χ0) is 15.6. The summed E-state index contributed by atoms with van der Waals surface area (Å²) < 4.78 is 0. The number of rotatable bonds is 3. The van der Waals surface area contributed by atoms with E-state index in [1.165, 1.54) is 5.69 Å². The molecule has 0 radical (unpaired) electrons. The predicted molar refractivity (Wildman–Crippen MR) is 87.5 cm³/mol. The van der Waals surface area contributed by atoms with Gasteiger partial charge in [-0.05, 0) is 37.8 Å². The summed E-state index contributed by atoms with van der Waals surface area (Å²) in [4.78, 5) is 19.3. The fourth-order valence-electron chi connectivity index (χ4n) is 3.87. The van der Waals surface area contributed by atoms with Crippen LogP contribution in [-0.2, 0) is 4.79 Å². The molecule has 1 saturated carbocycles. The third kappa shape index (κ3) is 2.88. The molecule has 2 fully saturated rings. The van der Waals surface area contributed by atoms with Crippen LogP contribution in [0.4, 0.5) is 5.69 Å². The SMILES string of the molecule is NC1CCCCC1(N)C(=O)C1CCN(c2ccncc2)CC1. The van der Waals surface area contributed by atoms with Gasteiger partial charge in [-0.25, -0.2) is 0 Å². The zero-order valence-corrected chi connectivity index (χ0v) is 13.1. The van der Waals surface area contributed by atoms with Crippen LogP contribution < -0.4 is 16.4 Å². The van der Waals surface area contributed by atoms with Crippen molar-refractivity contribution in [2.45, 2.75) is 50.1 Å². The Morgan fingerprint density at radius 3 is 2.50 bits per heavy atom. The molecule has 2 heterocycles. The first kappa shape index (κ1) is 15.4. The van der Waals surface area contributed by atoms with Gasteiger partial charge in [0.15, 0.2) is 5.78 Å². The second-order valence-electron chi connectivity index (χ2n) is 6.72. The maximum Gasteiger partial charge on any atom is 0.157 e. The minimum atomic E-state index is -0.790. The minimum Gasteiger partial charge on any atom is -0.371 e. The van der Waals surface area contributed by atoms with Gasteiger partial charge in [0.2, 0.25) is 0 Å². The van der Waals surface area contributed by atoms with Crippen molar-refractivity contribution >= 4 is 11.5 Å². The molecule has 2 atom stereocenters. The molecule has 0 spiro atoms. The lowest BCUT2D eigenvalue weighted by Gasteiger charge is -2.42. The van der Waals surface area contributed by atoms with Crippen LogP contribution in [0.15, 0.2) is 24.5 Å². The maximum absolute atomic E-state index is 12.9. The lowest BCUT2D eigenvalue weighted by molar-refractivity contribution is -0.130. The number of aromatic nitrogens is 1. The quantitative estimate of drug-likeness (QED) is 0.883. The predicted octanol–water partition coefficient (Wildman–Crippen LogP) is 1.47. The smallest absolute Gasteiger partial charge is 0.157 e. The van der Waals surface area contributed by atoms with Crippen LogP contribution in [0, 0.1) is 5.92 Å². The number of nitrogens with zero attached hydrogens (tertiary/aromatic N) is 2. The van der Waals surface area contributed by atoms with Gasteiger partial charge in [-0.3, -0.25) is 9.78 Å². The number of Topliss-reactive ketones (excluding diaryl/α,β-unsaturated/α-hetero) is 1. The fraction of sp³-hybridized carbons (Fsp3) is 0.647. The lowest BCUT2D eigenvalue weighted by atomic mass is 9.70. The van der Waals surface area contributed by atoms with Crippen LogP contribution in [0.5, 0.6) is 0 Å². The van der Waals surface area contributed by atoms with E-state index in [4.69, 9.17) is 11.5 Å². The molecule has 1 saturated heterocycles. The molecule has 22 heavy (non-hydrogen) atoms. The highest BCUT2D eigenvalue weighted by molar-refractivity contribution is 5.91. The van der Waals surface area contributed by atoms with Crippen LogP contribution >= 0.6 is 0 Å². The first-order valence-corrected chi connectivity index (χ1v) is 8.35. The second-order valence-corrected chi connectivity index (χ2v) is 6.72. The summed E-state index contributed by atoms with van der Waals surface area (Å²) in [6, 6.07) is 3.86. The van der Waals surface area contributed by atoms with Crippen LogP contribution in [0.3, 0.4) is 0 Å². The third-order valence-electron chi connectivity index (χ3n) is 5.37. The topological polar surface area (TPSA) is 85.2 Å². The fourth-order valence-corrected chi connectivity index (χ4v) is 3.87. The Morgan fingerprint density at radius 2 is 1.86 bits per heavy atom. The molecule has 1 aliphatic heterocycles. The van der Waals surface area contributed by atoms with E-state index in [0.717, 1.165) is 51.6 Å². The lowest BCUT2D eigenvalue weighted by Crippen LogP contribution is -2.64. The molecule has 5 heteroatoms. The molecule has 3 rings (SSSR count). The number of carbonyl (C=O) groups excluding carboxylic acids is 1. The Hall–Kier alpha value is -1.46. The zero-order valence-electron chi connectivity index (χ0n) is 13.1. The van der Waals surface area contributed by atoms with Crippen molar-refractivity contribution < 1.29 is 4.79 Å². The van der Waals surface area contributed by atoms with Crippen LogP contribution in [0.2, 0.25) is 0 Å². The van der Waals surface area contributed by atoms with E-state index in [0.29, 0.717) is 0 Å². The van der Waals surface area contributed by atoms with Crippen molar-refractivity contribution in [3.63, 3.8) is 0 Å². The molecule has 5 nitrogen and oxygen atoms in total. The van der Waals surface area contributed by atoms with Crippen molar-refractivity contribution in [3.8, 4) is 0 Å². The summed E-state index contributed by atoms with van der Waals surface area (Å²) >= 11 is 0. The highest BCUT2D eigenvalue weighted by Gasteiger charge is 2.44. The molecule has 1 aliphatic carbocycles. The Kier molecular flexibility index (Phi) is 4.45. The Labute approximate surface area is 132 Å². The van der Waals surface area contributed by atoms with Crippen molar-refractivity contribution in [2.24, 2.45) is 17.4 Å². The largest absolute Gasteiger partial charge is 0.371 e. The van der Waals surface area contributed by atoms with Gasteiger partial charge in [0.1, 0.15) is 0 Å². The first-order chi connectivity index (χ1) is 10.6. The van der Waals surface area contributed by atoms with Crippen molar-refractivity contribution in [3.05, 3.63) is 24.5 Å². The van der Waals surface area contributed by atoms with E-state index in [1.807, 2.05) is 24.5 Å². The number of pyridine rings is 1. The van der Waals surface area contributed by atoms with Gasteiger partial charge in [0.05, 0.1) is 5.54 Å². The van der Waals surface area contributed by atoms with E-state index in [-0.39, 0.29) is 17.7 Å². The summed E-state index contributed by atoms with van der Waals surface area (Å²) in [5, 5.41) is 0. The highest BCUT2D eigenvalue weighted by atomic mass is 16.1. The Bertz CT molecular complexity index is 513. The van der Waals surface area contributed by atoms with Gasteiger partial charge in [-0.1, -0.05) is 12.8 Å². The number of hydrogen-bond acceptors (Lipinski definition) is 5. The molecule has 0 aromatic carbocycles. The standard InChI is InChI=1S/C17H26N4O/c18-15-3-1-2-8-17(15,19)16(22)13-6-11-21(12-7-13)14-4-9-20-10-5-14/h4-5,9-10,13,15H,1-3,6-8,11-12,18-19H2. The highest BCUT2D eigenvalue weighted by Crippen LogP contribution is 2.32. The van der Waals surface area contributed by atoms with Crippen molar-refractivity contribution in [2.75, 3.05) is 18.0 Å². The molecule has 120 valence electrons. The summed E-state index contributed by atoms with van der Waals surface area (Å²) in [5.41, 5.74) is 13.0. The number of anilines is 1. The summed E-state index contributed by atoms with van der Waals surface area (Å²) in [5.74, 6) is 0.265. The number of ketones is 1. The second kappa shape index (κ2) is 6.34. The van der Waals surface area contributed by atoms with E-state index >= 15 is 0 Å². The van der Waals surface area contributed by atoms with Crippen molar-refractivity contribution in [1.82, 2.24) is 4.98 Å². The summed E-state index contributed by atoms with van der Waals surface area (Å²) in [6.07, 6.45) is 9.08. The van der Waals surface area contributed by atoms with E-state index in [1.54, 1.807) is 0 Å². The third-order valence-corrected chi connectivity index (χ3v) is 5.37. The average molecular weight is 302 g/mol. The summed E-state index contributed by atoms with van der Waals surface area (Å²) in [6.45, 7) is 1.79. The molecular weight excluding hydrogens is 276 g/mol. The molecule has 2 unspecified atom stereocenters. The first-order valence-electron chi connectivity index (χ1n) is 8.35. The van der Waals surface area contributed by atoms with E-state index in [9.17, 15) is 4.79 Å². The molecule has 2 aliphatic rings. The molecule has 0 bridgehead atoms. The van der Waals surface area contributed by atoms with Gasteiger partial charge >= 0.3 is 0 Å². The monoisotopic (exact) mass is 302 g/mol. The maximum atomic E-state index is 12.9. The van der Waals surface area contributed by atoms with Gasteiger partial charge in [-0.2, -0.15) is 0 Å². The van der Waals surface area contributed by atoms with Crippen LogP contribution in [-0.4, -0.2) is 35.4 Å². The normalized spacial score (nSPS) is 30.3. The molecular formula is C17H26N4O. The van der Waals surface area contributed by atoms with Crippen molar-refractivity contribution in [1.29, 1.82) is 0 Å². The molecule has 1 aromatic rings. The van der Waals surface area contributed by atoms with Crippen LogP contribution in [0.1, 0.15) is 38.5 Å². The molecule has 0 amide bonds. The number of hydrogen-bond donors (Lipinski definition) is 2. The molecule has 1 aromatic heterocycles. The van der Waals surface area contributed by atoms with Gasteiger partial charge in [0, 0.05) is 43.1 Å².